The highest BCUT2D eigenvalue weighted by Crippen LogP contribution is 2.20. The Labute approximate surface area is 136 Å². The second-order valence-electron chi connectivity index (χ2n) is 5.56. The summed E-state index contributed by atoms with van der Waals surface area (Å²) in [5.41, 5.74) is 3.49. The van der Waals surface area contributed by atoms with Gasteiger partial charge in [-0.3, -0.25) is 4.84 Å². The van der Waals surface area contributed by atoms with Gasteiger partial charge in [-0.25, -0.2) is 10.3 Å². The van der Waals surface area contributed by atoms with Gasteiger partial charge in [0, 0.05) is 24.7 Å². The van der Waals surface area contributed by atoms with Crippen LogP contribution in [0, 0.1) is 0 Å². The summed E-state index contributed by atoms with van der Waals surface area (Å²) in [6.45, 7) is 0.937. The molecule has 0 radical (unpaired) electrons. The van der Waals surface area contributed by atoms with Crippen molar-refractivity contribution in [1.82, 2.24) is 10.4 Å². The molecule has 122 valence electrons. The van der Waals surface area contributed by atoms with Crippen molar-refractivity contribution >= 4 is 17.6 Å². The molecule has 0 unspecified atom stereocenters. The number of amides is 2. The molecule has 1 aromatic carbocycles. The van der Waals surface area contributed by atoms with Crippen molar-refractivity contribution in [2.45, 2.75) is 44.8 Å². The second kappa shape index (κ2) is 8.98. The van der Waals surface area contributed by atoms with Crippen molar-refractivity contribution in [3.05, 3.63) is 34.9 Å². The number of aliphatic hydroxyl groups is 1. The standard InChI is InChI=1S/C16H23ClN2O3/c17-14-6-3-5-13(11-14)12-19(9-4-10-20)16(21)18-22-15-7-1-2-8-15/h3,5-6,11,15,20H,1-2,4,7-10,12H2,(H,18,21). The van der Waals surface area contributed by atoms with E-state index in [2.05, 4.69) is 5.48 Å². The molecular weight excluding hydrogens is 304 g/mol. The zero-order valence-corrected chi connectivity index (χ0v) is 13.4. The van der Waals surface area contributed by atoms with Crippen LogP contribution in [-0.2, 0) is 11.4 Å². The molecule has 1 aromatic rings. The Balaban J connectivity index is 1.90. The predicted octanol–water partition coefficient (Wildman–Crippen LogP) is 3.11. The van der Waals surface area contributed by atoms with Crippen molar-refractivity contribution in [3.63, 3.8) is 0 Å². The maximum absolute atomic E-state index is 12.3. The van der Waals surface area contributed by atoms with E-state index in [1.165, 1.54) is 0 Å². The molecule has 2 rings (SSSR count). The Morgan fingerprint density at radius 1 is 1.41 bits per heavy atom. The molecule has 0 bridgehead atoms. The largest absolute Gasteiger partial charge is 0.396 e. The molecule has 2 amide bonds. The molecule has 0 saturated heterocycles. The van der Waals surface area contributed by atoms with Gasteiger partial charge < -0.3 is 10.0 Å². The third-order valence-electron chi connectivity index (χ3n) is 3.75. The van der Waals surface area contributed by atoms with Crippen LogP contribution in [0.3, 0.4) is 0 Å². The molecule has 0 aliphatic heterocycles. The first-order valence-electron chi connectivity index (χ1n) is 7.75. The highest BCUT2D eigenvalue weighted by Gasteiger charge is 2.19. The topological polar surface area (TPSA) is 61.8 Å². The lowest BCUT2D eigenvalue weighted by atomic mass is 10.2. The van der Waals surface area contributed by atoms with Crippen LogP contribution in [0.2, 0.25) is 5.02 Å². The fraction of sp³-hybridized carbons (Fsp3) is 0.562. The average molecular weight is 327 g/mol. The van der Waals surface area contributed by atoms with Gasteiger partial charge in [-0.15, -0.1) is 0 Å². The summed E-state index contributed by atoms with van der Waals surface area (Å²) in [5, 5.41) is 9.64. The molecule has 1 aliphatic rings. The van der Waals surface area contributed by atoms with E-state index in [1.807, 2.05) is 18.2 Å². The fourth-order valence-electron chi connectivity index (χ4n) is 2.57. The number of hydrogen-bond acceptors (Lipinski definition) is 3. The van der Waals surface area contributed by atoms with Gasteiger partial charge in [0.2, 0.25) is 0 Å². The lowest BCUT2D eigenvalue weighted by Crippen LogP contribution is -2.41. The smallest absolute Gasteiger partial charge is 0.341 e. The molecular formula is C16H23ClN2O3. The molecule has 1 fully saturated rings. The van der Waals surface area contributed by atoms with Gasteiger partial charge >= 0.3 is 6.03 Å². The number of hydroxylamine groups is 1. The van der Waals surface area contributed by atoms with Gasteiger partial charge in [0.15, 0.2) is 0 Å². The Hall–Kier alpha value is -1.30. The van der Waals surface area contributed by atoms with E-state index in [-0.39, 0.29) is 18.7 Å². The molecule has 1 saturated carbocycles. The number of carbonyl (C=O) groups excluding carboxylic acids is 1. The average Bonchev–Trinajstić information content (AvgIpc) is 3.02. The number of halogens is 1. The highest BCUT2D eigenvalue weighted by atomic mass is 35.5. The monoisotopic (exact) mass is 326 g/mol. The van der Waals surface area contributed by atoms with Crippen LogP contribution in [0.25, 0.3) is 0 Å². The van der Waals surface area contributed by atoms with Crippen LogP contribution in [0.4, 0.5) is 4.79 Å². The lowest BCUT2D eigenvalue weighted by molar-refractivity contribution is -0.00885. The number of aliphatic hydroxyl groups excluding tert-OH is 1. The highest BCUT2D eigenvalue weighted by molar-refractivity contribution is 6.30. The summed E-state index contributed by atoms with van der Waals surface area (Å²) in [6.07, 6.45) is 4.93. The normalized spacial score (nSPS) is 15.0. The Bertz CT molecular complexity index is 478. The first-order valence-corrected chi connectivity index (χ1v) is 8.12. The zero-order chi connectivity index (χ0) is 15.8. The summed E-state index contributed by atoms with van der Waals surface area (Å²) in [5.74, 6) is 0. The third-order valence-corrected chi connectivity index (χ3v) is 3.99. The molecule has 2 N–H and O–H groups in total. The van der Waals surface area contributed by atoms with Gasteiger partial charge in [-0.05, 0) is 37.0 Å². The Morgan fingerprint density at radius 2 is 2.18 bits per heavy atom. The number of urea groups is 1. The van der Waals surface area contributed by atoms with Crippen LogP contribution >= 0.6 is 11.6 Å². The summed E-state index contributed by atoms with van der Waals surface area (Å²) in [6, 6.07) is 7.13. The van der Waals surface area contributed by atoms with Crippen LogP contribution in [0.1, 0.15) is 37.7 Å². The molecule has 0 heterocycles. The second-order valence-corrected chi connectivity index (χ2v) is 6.00. The molecule has 22 heavy (non-hydrogen) atoms. The van der Waals surface area contributed by atoms with Gasteiger partial charge in [-0.2, -0.15) is 0 Å². The van der Waals surface area contributed by atoms with E-state index in [9.17, 15) is 4.79 Å². The van der Waals surface area contributed by atoms with Crippen molar-refractivity contribution < 1.29 is 14.7 Å². The summed E-state index contributed by atoms with van der Waals surface area (Å²) in [7, 11) is 0. The maximum atomic E-state index is 12.3. The lowest BCUT2D eigenvalue weighted by Gasteiger charge is -2.23. The van der Waals surface area contributed by atoms with E-state index in [4.69, 9.17) is 21.5 Å². The van der Waals surface area contributed by atoms with E-state index in [0.29, 0.717) is 24.5 Å². The van der Waals surface area contributed by atoms with Crippen molar-refractivity contribution in [2.75, 3.05) is 13.2 Å². The Morgan fingerprint density at radius 3 is 2.86 bits per heavy atom. The van der Waals surface area contributed by atoms with Gasteiger partial charge in [-0.1, -0.05) is 36.6 Å². The molecule has 6 heteroatoms. The van der Waals surface area contributed by atoms with Crippen LogP contribution in [-0.4, -0.2) is 35.3 Å². The minimum Gasteiger partial charge on any atom is -0.396 e. The first-order chi connectivity index (χ1) is 10.7. The summed E-state index contributed by atoms with van der Waals surface area (Å²) >= 11 is 5.98. The number of nitrogens with zero attached hydrogens (tertiary/aromatic N) is 1. The van der Waals surface area contributed by atoms with Gasteiger partial charge in [0.1, 0.15) is 0 Å². The fourth-order valence-corrected chi connectivity index (χ4v) is 2.79. The summed E-state index contributed by atoms with van der Waals surface area (Å²) in [4.78, 5) is 19.3. The van der Waals surface area contributed by atoms with Crippen molar-refractivity contribution in [2.24, 2.45) is 0 Å². The number of carbonyl (C=O) groups is 1. The van der Waals surface area contributed by atoms with Crippen LogP contribution in [0.5, 0.6) is 0 Å². The Kier molecular flexibility index (Phi) is 6.96. The van der Waals surface area contributed by atoms with Crippen LogP contribution < -0.4 is 5.48 Å². The van der Waals surface area contributed by atoms with Gasteiger partial charge in [0.25, 0.3) is 0 Å². The van der Waals surface area contributed by atoms with Crippen LogP contribution in [0.15, 0.2) is 24.3 Å². The maximum Gasteiger partial charge on any atom is 0.341 e. The molecule has 1 aliphatic carbocycles. The van der Waals surface area contributed by atoms with E-state index in [1.54, 1.807) is 11.0 Å². The van der Waals surface area contributed by atoms with Gasteiger partial charge in [0.05, 0.1) is 6.10 Å². The number of hydrogen-bond donors (Lipinski definition) is 2. The minimum atomic E-state index is -0.277. The number of benzene rings is 1. The molecule has 0 aromatic heterocycles. The van der Waals surface area contributed by atoms with E-state index < -0.39 is 0 Å². The van der Waals surface area contributed by atoms with Crippen molar-refractivity contribution in [1.29, 1.82) is 0 Å². The van der Waals surface area contributed by atoms with Crippen molar-refractivity contribution in [3.8, 4) is 0 Å². The number of rotatable bonds is 7. The SMILES string of the molecule is O=C(NOC1CCCC1)N(CCCO)Cc1cccc(Cl)c1. The zero-order valence-electron chi connectivity index (χ0n) is 12.6. The number of nitrogens with one attached hydrogen (secondary N) is 1. The molecule has 0 spiro atoms. The molecule has 5 nitrogen and oxygen atoms in total. The predicted molar refractivity (Wildman–Crippen MR) is 85.4 cm³/mol. The minimum absolute atomic E-state index is 0.0445. The van der Waals surface area contributed by atoms with E-state index >= 15 is 0 Å². The third kappa shape index (κ3) is 5.48. The quantitative estimate of drug-likeness (QED) is 0.757. The summed E-state index contributed by atoms with van der Waals surface area (Å²) < 4.78 is 0. The first kappa shape index (κ1) is 17.1. The van der Waals surface area contributed by atoms with E-state index in [0.717, 1.165) is 31.2 Å². The molecule has 0 atom stereocenters.